The fourth-order valence-corrected chi connectivity index (χ4v) is 5.02. The summed E-state index contributed by atoms with van der Waals surface area (Å²) in [4.78, 5) is 50.7. The van der Waals surface area contributed by atoms with E-state index in [1.54, 1.807) is 72.8 Å². The Balaban J connectivity index is 1.46. The van der Waals surface area contributed by atoms with Crippen LogP contribution >= 0.6 is 46.6 Å². The van der Waals surface area contributed by atoms with Gasteiger partial charge in [-0.1, -0.05) is 71.2 Å². The summed E-state index contributed by atoms with van der Waals surface area (Å²) in [6.07, 6.45) is 1.43. The number of aromatic carboxylic acids is 1. The van der Waals surface area contributed by atoms with Crippen LogP contribution in [-0.2, 0) is 9.59 Å². The molecule has 0 heterocycles. The lowest BCUT2D eigenvalue weighted by Crippen LogP contribution is -2.30. The highest BCUT2D eigenvalue weighted by atomic mass is 35.5. The van der Waals surface area contributed by atoms with Crippen LogP contribution in [0.5, 0.6) is 0 Å². The number of halogens is 3. The molecule has 0 atom stereocenters. The molecule has 0 spiro atoms. The largest absolute Gasteiger partial charge is 0.478 e. The smallest absolute Gasteiger partial charge is 0.337 e. The van der Waals surface area contributed by atoms with Crippen LogP contribution in [0.3, 0.4) is 0 Å². The molecule has 0 radical (unpaired) electrons. The molecule has 4 aromatic rings. The van der Waals surface area contributed by atoms with Crippen LogP contribution in [0.25, 0.3) is 6.08 Å². The Morgan fingerprint density at radius 2 is 1.49 bits per heavy atom. The molecule has 0 aliphatic carbocycles. The van der Waals surface area contributed by atoms with Gasteiger partial charge in [-0.3, -0.25) is 14.4 Å². The lowest BCUT2D eigenvalue weighted by atomic mass is 10.1. The summed E-state index contributed by atoms with van der Waals surface area (Å²) in [6, 6.07) is 24.3. The Hall–Kier alpha value is -4.28. The number of hydrogen-bond acceptors (Lipinski definition) is 5. The van der Waals surface area contributed by atoms with Crippen molar-refractivity contribution < 1.29 is 24.3 Å². The normalized spacial score (nSPS) is 11.0. The van der Waals surface area contributed by atoms with Gasteiger partial charge in [-0.05, 0) is 66.2 Å². The predicted molar refractivity (Wildman–Crippen MR) is 171 cm³/mol. The molecule has 0 bridgehead atoms. The first-order valence-electron chi connectivity index (χ1n) is 12.5. The third-order valence-corrected chi connectivity index (χ3v) is 7.91. The average molecular weight is 655 g/mol. The van der Waals surface area contributed by atoms with E-state index in [9.17, 15) is 24.3 Å². The summed E-state index contributed by atoms with van der Waals surface area (Å²) >= 11 is 19.6. The summed E-state index contributed by atoms with van der Waals surface area (Å²) in [7, 11) is 0. The van der Waals surface area contributed by atoms with E-state index in [2.05, 4.69) is 16.0 Å². The lowest BCUT2D eigenvalue weighted by molar-refractivity contribution is -0.114. The zero-order chi connectivity index (χ0) is 30.9. The minimum absolute atomic E-state index is 0.00792. The molecule has 218 valence electrons. The van der Waals surface area contributed by atoms with Crippen molar-refractivity contribution >= 4 is 87.7 Å². The molecule has 43 heavy (non-hydrogen) atoms. The van der Waals surface area contributed by atoms with E-state index in [1.807, 2.05) is 0 Å². The summed E-state index contributed by atoms with van der Waals surface area (Å²) in [6.45, 7) is 0. The Morgan fingerprint density at radius 3 is 2.23 bits per heavy atom. The van der Waals surface area contributed by atoms with Crippen LogP contribution in [0.4, 0.5) is 11.4 Å². The van der Waals surface area contributed by atoms with E-state index in [1.165, 1.54) is 36.0 Å². The van der Waals surface area contributed by atoms with Gasteiger partial charge in [0.05, 0.1) is 26.4 Å². The van der Waals surface area contributed by atoms with Gasteiger partial charge in [0.2, 0.25) is 5.91 Å². The van der Waals surface area contributed by atoms with E-state index in [-0.39, 0.29) is 38.0 Å². The van der Waals surface area contributed by atoms with Crippen molar-refractivity contribution in [1.82, 2.24) is 5.32 Å². The first-order valence-corrected chi connectivity index (χ1v) is 14.6. The number of carbonyl (C=O) groups excluding carboxylic acids is 3. The van der Waals surface area contributed by atoms with Gasteiger partial charge in [0.1, 0.15) is 5.70 Å². The van der Waals surface area contributed by atoms with Crippen LogP contribution in [0, 0.1) is 0 Å². The number of amides is 3. The molecule has 0 saturated carbocycles. The van der Waals surface area contributed by atoms with Crippen molar-refractivity contribution in [3.05, 3.63) is 128 Å². The highest BCUT2D eigenvalue weighted by molar-refractivity contribution is 8.00. The van der Waals surface area contributed by atoms with Crippen LogP contribution in [-0.4, -0.2) is 34.6 Å². The van der Waals surface area contributed by atoms with Gasteiger partial charge in [0, 0.05) is 21.8 Å². The number of hydrogen-bond donors (Lipinski definition) is 4. The fourth-order valence-electron chi connectivity index (χ4n) is 3.70. The molecular formula is C31H22Cl3N3O5S. The standard InChI is InChI=1S/C31H22Cl3N3O5S/c32-24-13-12-21(16-23(24)31(41)42)35-27(38)17-43-22-10-5-9-20(15-22)36-30(40)26(14-19-8-4-11-25(33)28(19)34)37-29(39)18-6-2-1-3-7-18/h1-16H,17H2,(H,35,38)(H,36,40)(H,37,39)(H,41,42)/b26-14+. The quantitative estimate of drug-likeness (QED) is 0.104. The second-order valence-electron chi connectivity index (χ2n) is 8.84. The lowest BCUT2D eigenvalue weighted by Gasteiger charge is -2.13. The molecule has 0 saturated heterocycles. The number of carbonyl (C=O) groups is 4. The topological polar surface area (TPSA) is 125 Å². The summed E-state index contributed by atoms with van der Waals surface area (Å²) in [5, 5.41) is 17.8. The number of thioether (sulfide) groups is 1. The van der Waals surface area contributed by atoms with Crippen LogP contribution < -0.4 is 16.0 Å². The average Bonchev–Trinajstić information content (AvgIpc) is 2.99. The van der Waals surface area contributed by atoms with Crippen molar-refractivity contribution in [2.75, 3.05) is 16.4 Å². The van der Waals surface area contributed by atoms with E-state index < -0.39 is 17.8 Å². The molecule has 12 heteroatoms. The first-order chi connectivity index (χ1) is 20.6. The molecule has 0 fully saturated rings. The molecule has 4 N–H and O–H groups in total. The van der Waals surface area contributed by atoms with Crippen LogP contribution in [0.1, 0.15) is 26.3 Å². The van der Waals surface area contributed by atoms with Gasteiger partial charge < -0.3 is 21.1 Å². The highest BCUT2D eigenvalue weighted by Crippen LogP contribution is 2.28. The molecule has 0 unspecified atom stereocenters. The van der Waals surface area contributed by atoms with E-state index in [0.717, 1.165) is 0 Å². The van der Waals surface area contributed by atoms with Crippen molar-refractivity contribution in [2.24, 2.45) is 0 Å². The molecule has 4 aromatic carbocycles. The Bertz CT molecular complexity index is 1730. The third kappa shape index (κ3) is 8.86. The number of rotatable bonds is 10. The zero-order valence-corrected chi connectivity index (χ0v) is 25.2. The fraction of sp³-hybridized carbons (Fsp3) is 0.0323. The van der Waals surface area contributed by atoms with Gasteiger partial charge in [-0.2, -0.15) is 0 Å². The molecule has 8 nitrogen and oxygen atoms in total. The van der Waals surface area contributed by atoms with Gasteiger partial charge in [0.15, 0.2) is 0 Å². The second-order valence-corrected chi connectivity index (χ2v) is 11.1. The molecule has 3 amide bonds. The monoisotopic (exact) mass is 653 g/mol. The molecule has 0 aliphatic heterocycles. The number of anilines is 2. The molecule has 0 aliphatic rings. The van der Waals surface area contributed by atoms with Crippen molar-refractivity contribution in [3.63, 3.8) is 0 Å². The Labute approximate surface area is 266 Å². The van der Waals surface area contributed by atoms with Gasteiger partial charge in [0.25, 0.3) is 11.8 Å². The minimum atomic E-state index is -1.21. The number of benzene rings is 4. The van der Waals surface area contributed by atoms with Gasteiger partial charge >= 0.3 is 5.97 Å². The van der Waals surface area contributed by atoms with Crippen molar-refractivity contribution in [1.29, 1.82) is 0 Å². The molecular weight excluding hydrogens is 633 g/mol. The minimum Gasteiger partial charge on any atom is -0.478 e. The maximum atomic E-state index is 13.4. The summed E-state index contributed by atoms with van der Waals surface area (Å²) < 4.78 is 0. The molecule has 0 aromatic heterocycles. The van der Waals surface area contributed by atoms with Crippen molar-refractivity contribution in [3.8, 4) is 0 Å². The summed E-state index contributed by atoms with van der Waals surface area (Å²) in [5.41, 5.74) is 1.30. The highest BCUT2D eigenvalue weighted by Gasteiger charge is 2.17. The van der Waals surface area contributed by atoms with Crippen LogP contribution in [0.2, 0.25) is 15.1 Å². The maximum absolute atomic E-state index is 13.4. The van der Waals surface area contributed by atoms with Gasteiger partial charge in [-0.15, -0.1) is 11.8 Å². The maximum Gasteiger partial charge on any atom is 0.337 e. The Kier molecular flexibility index (Phi) is 10.9. The number of nitrogens with one attached hydrogen (secondary N) is 3. The van der Waals surface area contributed by atoms with Crippen molar-refractivity contribution in [2.45, 2.75) is 4.90 Å². The predicted octanol–water partition coefficient (Wildman–Crippen LogP) is 7.49. The first kappa shape index (κ1) is 31.7. The summed E-state index contributed by atoms with van der Waals surface area (Å²) in [5.74, 6) is -2.68. The number of carboxylic acids is 1. The zero-order valence-electron chi connectivity index (χ0n) is 22.1. The van der Waals surface area contributed by atoms with E-state index in [4.69, 9.17) is 34.8 Å². The SMILES string of the molecule is O=C(CSc1cccc(NC(=O)/C(=C\c2cccc(Cl)c2Cl)NC(=O)c2ccccc2)c1)Nc1ccc(Cl)c(C(=O)O)c1. The second kappa shape index (κ2) is 14.8. The van der Waals surface area contributed by atoms with E-state index >= 15 is 0 Å². The third-order valence-electron chi connectivity index (χ3n) is 5.75. The van der Waals surface area contributed by atoms with Gasteiger partial charge in [-0.25, -0.2) is 4.79 Å². The Morgan fingerprint density at radius 1 is 0.767 bits per heavy atom. The van der Waals surface area contributed by atoms with E-state index in [0.29, 0.717) is 27.4 Å². The molecule has 4 rings (SSSR count). The number of carboxylic acid groups (broad SMARTS) is 1. The van der Waals surface area contributed by atoms with Crippen LogP contribution in [0.15, 0.2) is 102 Å².